The van der Waals surface area contributed by atoms with Crippen LogP contribution in [-0.2, 0) is 6.54 Å². The second kappa shape index (κ2) is 11.9. The number of carbonyl (C=O) groups excluding carboxylic acids is 1. The van der Waals surface area contributed by atoms with Crippen molar-refractivity contribution < 1.29 is 13.9 Å². The number of furan rings is 1. The third-order valence-corrected chi connectivity index (χ3v) is 10.4. The third kappa shape index (κ3) is 6.36. The van der Waals surface area contributed by atoms with E-state index in [1.807, 2.05) is 11.0 Å². The Labute approximate surface area is 230 Å². The van der Waals surface area contributed by atoms with Gasteiger partial charge in [-0.3, -0.25) is 9.69 Å². The molecular weight excluding hydrogens is 496 g/mol. The van der Waals surface area contributed by atoms with Crippen LogP contribution in [0.1, 0.15) is 52.9 Å². The number of ether oxygens (including phenoxy) is 1. The number of hydrogen-bond donors (Lipinski definition) is 0. The van der Waals surface area contributed by atoms with E-state index in [2.05, 4.69) is 53.0 Å². The second-order valence-electron chi connectivity index (χ2n) is 11.4. The minimum absolute atomic E-state index is 0.0884. The van der Waals surface area contributed by atoms with E-state index in [0.717, 1.165) is 50.2 Å². The number of rotatable bonds is 9. The molecule has 0 radical (unpaired) electrons. The van der Waals surface area contributed by atoms with Crippen LogP contribution < -0.4 is 4.74 Å². The first kappa shape index (κ1) is 27.4. The van der Waals surface area contributed by atoms with Crippen molar-refractivity contribution in [3.05, 3.63) is 46.9 Å². The van der Waals surface area contributed by atoms with Crippen LogP contribution in [0.15, 0.2) is 33.8 Å². The van der Waals surface area contributed by atoms with Gasteiger partial charge in [-0.05, 0) is 88.4 Å². The van der Waals surface area contributed by atoms with Crippen LogP contribution >= 0.6 is 10.7 Å². The van der Waals surface area contributed by atoms with Gasteiger partial charge in [0.25, 0.3) is 5.91 Å². The summed E-state index contributed by atoms with van der Waals surface area (Å²) in [5.74, 6) is 7.17. The second-order valence-corrected chi connectivity index (χ2v) is 13.0. The molecule has 3 aliphatic rings. The molecule has 2 aromatic rings. The van der Waals surface area contributed by atoms with Gasteiger partial charge in [0.05, 0.1) is 19.2 Å². The number of piperidine rings is 1. The Morgan fingerprint density at radius 3 is 2.45 bits per heavy atom. The summed E-state index contributed by atoms with van der Waals surface area (Å²) in [5.41, 5.74) is 3.07. The maximum absolute atomic E-state index is 13.3. The van der Waals surface area contributed by atoms with Gasteiger partial charge in [0.2, 0.25) is 0 Å². The molecule has 3 heterocycles. The summed E-state index contributed by atoms with van der Waals surface area (Å²) in [6.07, 6.45) is 6.64. The zero-order valence-corrected chi connectivity index (χ0v) is 24.4. The van der Waals surface area contributed by atoms with Crippen LogP contribution in [0.5, 0.6) is 5.75 Å². The molecule has 1 aromatic heterocycles. The van der Waals surface area contributed by atoms with Gasteiger partial charge >= 0.3 is 0 Å². The normalized spacial score (nSPS) is 22.1. The van der Waals surface area contributed by atoms with E-state index in [-0.39, 0.29) is 16.6 Å². The highest BCUT2D eigenvalue weighted by atomic mass is 32.2. The summed E-state index contributed by atoms with van der Waals surface area (Å²) in [6.45, 7) is 12.0. The lowest BCUT2D eigenvalue weighted by molar-refractivity contribution is 0.0588. The fourth-order valence-corrected chi connectivity index (χ4v) is 8.05. The SMILES string of the molecule is C=S(c1c(C)cc(OC)cc1C)N(Cc1cc(C(=O)N2CCN(CC3CCCN(C)C3)CC2)co1)C1CC1. The van der Waals surface area contributed by atoms with Crippen LogP contribution in [0, 0.1) is 19.8 Å². The molecular formula is C30H44N4O3S. The molecule has 1 aromatic carbocycles. The molecule has 8 heteroatoms. The fourth-order valence-electron chi connectivity index (χ4n) is 6.10. The number of methoxy groups -OCH3 is 1. The largest absolute Gasteiger partial charge is 0.497 e. The fraction of sp³-hybridized carbons (Fsp3) is 0.600. The number of benzene rings is 1. The van der Waals surface area contributed by atoms with Crippen LogP contribution in [0.2, 0.25) is 0 Å². The predicted molar refractivity (Wildman–Crippen MR) is 155 cm³/mol. The van der Waals surface area contributed by atoms with E-state index in [1.54, 1.807) is 13.4 Å². The van der Waals surface area contributed by atoms with Crippen LogP contribution in [0.3, 0.4) is 0 Å². The molecule has 2 unspecified atom stereocenters. The molecule has 2 aliphatic heterocycles. The lowest BCUT2D eigenvalue weighted by Gasteiger charge is -2.38. The standard InChI is InChI=1S/C30H44N4O3S/c1-22-15-27(36-4)16-23(2)29(22)38(5)34(26-8-9-26)20-28-17-25(21-37-28)30(35)33-13-11-32(12-14-33)19-24-7-6-10-31(3)18-24/h15-17,21,24,26H,5-14,18-20H2,1-4H3. The number of hydrogen-bond acceptors (Lipinski definition) is 6. The van der Waals surface area contributed by atoms with Crippen LogP contribution in [-0.4, -0.2) is 96.8 Å². The smallest absolute Gasteiger partial charge is 0.257 e. The van der Waals surface area contributed by atoms with Gasteiger partial charge in [0.1, 0.15) is 17.8 Å². The number of aryl methyl sites for hydroxylation is 2. The predicted octanol–water partition coefficient (Wildman–Crippen LogP) is 4.64. The summed E-state index contributed by atoms with van der Waals surface area (Å²) >= 11 is 0. The summed E-state index contributed by atoms with van der Waals surface area (Å²) in [7, 11) is 3.61. The number of amides is 1. The Morgan fingerprint density at radius 2 is 1.82 bits per heavy atom. The van der Waals surface area contributed by atoms with Crippen molar-refractivity contribution >= 4 is 22.4 Å². The van der Waals surface area contributed by atoms with Gasteiger partial charge in [0.15, 0.2) is 0 Å². The molecule has 38 heavy (non-hydrogen) atoms. The van der Waals surface area contributed by atoms with E-state index < -0.39 is 0 Å². The lowest BCUT2D eigenvalue weighted by atomic mass is 9.97. The Morgan fingerprint density at radius 1 is 1.11 bits per heavy atom. The van der Waals surface area contributed by atoms with Crippen molar-refractivity contribution in [3.63, 3.8) is 0 Å². The van der Waals surface area contributed by atoms with E-state index in [1.165, 1.54) is 54.8 Å². The van der Waals surface area contributed by atoms with Crippen molar-refractivity contribution in [3.8, 4) is 5.75 Å². The minimum Gasteiger partial charge on any atom is -0.497 e. The highest BCUT2D eigenvalue weighted by molar-refractivity contribution is 8.12. The highest BCUT2D eigenvalue weighted by Crippen LogP contribution is 2.44. The average molecular weight is 541 g/mol. The molecule has 1 aliphatic carbocycles. The molecule has 0 spiro atoms. The molecule has 1 saturated carbocycles. The Bertz CT molecular complexity index is 1130. The Kier molecular flexibility index (Phi) is 8.62. The summed E-state index contributed by atoms with van der Waals surface area (Å²) < 4.78 is 13.9. The topological polar surface area (TPSA) is 52.4 Å². The van der Waals surface area contributed by atoms with E-state index in [4.69, 9.17) is 9.15 Å². The third-order valence-electron chi connectivity index (χ3n) is 8.25. The quantitative estimate of drug-likeness (QED) is 0.432. The van der Waals surface area contributed by atoms with Gasteiger partial charge in [-0.15, -0.1) is 0 Å². The number of piperazine rings is 1. The van der Waals surface area contributed by atoms with Gasteiger partial charge in [-0.25, -0.2) is 4.31 Å². The average Bonchev–Trinajstić information content (AvgIpc) is 3.63. The van der Waals surface area contributed by atoms with Crippen molar-refractivity contribution in [1.29, 1.82) is 0 Å². The van der Waals surface area contributed by atoms with Crippen molar-refractivity contribution in [2.45, 2.75) is 57.0 Å². The first-order valence-electron chi connectivity index (χ1n) is 14.1. The van der Waals surface area contributed by atoms with Crippen LogP contribution in [0.4, 0.5) is 0 Å². The van der Waals surface area contributed by atoms with Crippen molar-refractivity contribution in [2.75, 3.05) is 60.0 Å². The summed E-state index contributed by atoms with van der Waals surface area (Å²) in [4.78, 5) is 21.6. The van der Waals surface area contributed by atoms with Gasteiger partial charge in [0, 0.05) is 50.2 Å². The summed E-state index contributed by atoms with van der Waals surface area (Å²) in [5, 5.41) is 0. The first-order chi connectivity index (χ1) is 18.3. The van der Waals surface area contributed by atoms with E-state index >= 15 is 0 Å². The minimum atomic E-state index is -0.324. The molecule has 5 rings (SSSR count). The number of nitrogens with zero attached hydrogens (tertiary/aromatic N) is 4. The Hall–Kier alpha value is -2.13. The first-order valence-corrected chi connectivity index (χ1v) is 15.4. The molecule has 2 saturated heterocycles. The van der Waals surface area contributed by atoms with Crippen LogP contribution in [0.25, 0.3) is 0 Å². The van der Waals surface area contributed by atoms with Crippen molar-refractivity contribution in [2.24, 2.45) is 5.92 Å². The zero-order valence-electron chi connectivity index (χ0n) is 23.6. The molecule has 1 amide bonds. The number of carbonyl (C=O) groups is 1. The molecule has 3 fully saturated rings. The monoisotopic (exact) mass is 540 g/mol. The van der Waals surface area contributed by atoms with Gasteiger partial charge < -0.3 is 19.0 Å². The lowest BCUT2D eigenvalue weighted by Crippen LogP contribution is -2.50. The molecule has 208 valence electrons. The van der Waals surface area contributed by atoms with Gasteiger partial charge in [-0.2, -0.15) is 0 Å². The summed E-state index contributed by atoms with van der Waals surface area (Å²) in [6, 6.07) is 6.65. The molecule has 0 bridgehead atoms. The molecule has 7 nitrogen and oxygen atoms in total. The van der Waals surface area contributed by atoms with E-state index in [9.17, 15) is 4.79 Å². The van der Waals surface area contributed by atoms with Gasteiger partial charge in [-0.1, -0.05) is 16.5 Å². The molecule has 2 atom stereocenters. The van der Waals surface area contributed by atoms with E-state index in [0.29, 0.717) is 18.2 Å². The van der Waals surface area contributed by atoms with Crippen molar-refractivity contribution in [1.82, 2.24) is 19.0 Å². The molecule has 0 N–H and O–H groups in total. The Balaban J connectivity index is 1.19. The maximum Gasteiger partial charge on any atom is 0.257 e. The zero-order chi connectivity index (χ0) is 26.8. The maximum atomic E-state index is 13.3. The highest BCUT2D eigenvalue weighted by Gasteiger charge is 2.33. The number of likely N-dealkylation sites (tertiary alicyclic amines) is 1.